The standard InChI is InChI=1S/C29H36BFN8O/c1-19-16-39(26-5-2-20(12-32)29-23(26)4-6-27(30)36-29)18-22(40-19)17-37-8-10-38(11-9-37)21-3-7-28(34-13-21)35-25-15-33-14-24(25)31/h2-7,13,19,22,24-25,33H,8-11,14-18,30H2,1H3,(H,34,35)/t19-,22+,24-,25+/m1/s1. The van der Waals surface area contributed by atoms with Crippen LogP contribution in [0.2, 0.25) is 0 Å². The summed E-state index contributed by atoms with van der Waals surface area (Å²) in [6.07, 6.45) is 1.20. The third-order valence-corrected chi connectivity index (χ3v) is 8.18. The molecule has 0 bridgehead atoms. The Labute approximate surface area is 235 Å². The number of anilines is 3. The van der Waals surface area contributed by atoms with Crippen molar-refractivity contribution in [2.75, 3.05) is 74.0 Å². The number of benzene rings is 1. The van der Waals surface area contributed by atoms with Crippen LogP contribution in [-0.2, 0) is 4.74 Å². The van der Waals surface area contributed by atoms with Gasteiger partial charge in [0, 0.05) is 70.0 Å². The molecular weight excluding hydrogens is 506 g/mol. The Balaban J connectivity index is 1.06. The Bertz CT molecular complexity index is 1380. The Morgan fingerprint density at radius 3 is 2.67 bits per heavy atom. The molecule has 0 aliphatic carbocycles. The van der Waals surface area contributed by atoms with Crippen LogP contribution in [0.25, 0.3) is 10.9 Å². The highest BCUT2D eigenvalue weighted by Gasteiger charge is 2.30. The van der Waals surface area contributed by atoms with E-state index in [9.17, 15) is 9.65 Å². The van der Waals surface area contributed by atoms with Gasteiger partial charge in [-0.1, -0.05) is 6.07 Å². The Morgan fingerprint density at radius 1 is 1.10 bits per heavy atom. The molecule has 11 heteroatoms. The van der Waals surface area contributed by atoms with Crippen LogP contribution in [0.3, 0.4) is 0 Å². The third kappa shape index (κ3) is 5.71. The zero-order chi connectivity index (χ0) is 27.6. The molecule has 1 aromatic carbocycles. The molecule has 3 aliphatic heterocycles. The second-order valence-corrected chi connectivity index (χ2v) is 11.2. The van der Waals surface area contributed by atoms with Gasteiger partial charge in [-0.25, -0.2) is 9.37 Å². The number of halogens is 1. The van der Waals surface area contributed by atoms with Gasteiger partial charge in [-0.2, -0.15) is 5.26 Å². The first-order valence-electron chi connectivity index (χ1n) is 14.2. The normalized spacial score (nSPS) is 25.7. The van der Waals surface area contributed by atoms with E-state index in [-0.39, 0.29) is 18.2 Å². The molecule has 3 aromatic rings. The molecule has 0 spiro atoms. The summed E-state index contributed by atoms with van der Waals surface area (Å²) in [5, 5.41) is 16.9. The molecular formula is C29H36BFN8O. The third-order valence-electron chi connectivity index (χ3n) is 8.18. The fourth-order valence-corrected chi connectivity index (χ4v) is 6.12. The predicted molar refractivity (Wildman–Crippen MR) is 159 cm³/mol. The van der Waals surface area contributed by atoms with Gasteiger partial charge in [0.05, 0.1) is 41.2 Å². The highest BCUT2D eigenvalue weighted by Crippen LogP contribution is 2.30. The number of hydrogen-bond acceptors (Lipinski definition) is 9. The van der Waals surface area contributed by atoms with E-state index in [1.54, 1.807) is 0 Å². The number of piperazine rings is 1. The molecule has 208 valence electrons. The van der Waals surface area contributed by atoms with E-state index < -0.39 is 6.17 Å². The van der Waals surface area contributed by atoms with Crippen molar-refractivity contribution < 1.29 is 9.13 Å². The fraction of sp³-hybridized carbons (Fsp3) is 0.483. The average molecular weight is 542 g/mol. The number of alkyl halides is 1. The number of nitrogens with zero attached hydrogens (tertiary/aromatic N) is 6. The van der Waals surface area contributed by atoms with Gasteiger partial charge in [-0.05, 0) is 42.8 Å². The number of hydrogen-bond donors (Lipinski definition) is 2. The largest absolute Gasteiger partial charge is 0.370 e. The molecule has 0 saturated carbocycles. The summed E-state index contributed by atoms with van der Waals surface area (Å²) in [7, 11) is 1.96. The molecule has 3 saturated heterocycles. The summed E-state index contributed by atoms with van der Waals surface area (Å²) in [5.41, 5.74) is 4.50. The number of morpholine rings is 1. The van der Waals surface area contributed by atoms with Crippen molar-refractivity contribution in [1.82, 2.24) is 20.2 Å². The van der Waals surface area contributed by atoms with Crippen molar-refractivity contribution in [3.63, 3.8) is 0 Å². The number of aromatic nitrogens is 2. The lowest BCUT2D eigenvalue weighted by atomic mass is 10.00. The van der Waals surface area contributed by atoms with Crippen LogP contribution in [-0.4, -0.2) is 106 Å². The van der Waals surface area contributed by atoms with Crippen LogP contribution in [0, 0.1) is 11.3 Å². The molecule has 0 amide bonds. The van der Waals surface area contributed by atoms with Gasteiger partial charge in [0.2, 0.25) is 0 Å². The second kappa shape index (κ2) is 11.6. The molecule has 3 fully saturated rings. The Kier molecular flexibility index (Phi) is 7.74. The lowest BCUT2D eigenvalue weighted by Crippen LogP contribution is -2.54. The summed E-state index contributed by atoms with van der Waals surface area (Å²) in [5.74, 6) is 0.716. The van der Waals surface area contributed by atoms with E-state index in [4.69, 9.17) is 4.74 Å². The van der Waals surface area contributed by atoms with Gasteiger partial charge in [0.25, 0.3) is 0 Å². The summed E-state index contributed by atoms with van der Waals surface area (Å²) in [6, 6.07) is 14.1. The summed E-state index contributed by atoms with van der Waals surface area (Å²) in [6.45, 7) is 9.38. The number of fused-ring (bicyclic) bond motifs is 1. The molecule has 2 N–H and O–H groups in total. The van der Waals surface area contributed by atoms with Crippen LogP contribution in [0.15, 0.2) is 42.6 Å². The molecule has 5 heterocycles. The zero-order valence-electron chi connectivity index (χ0n) is 23.2. The van der Waals surface area contributed by atoms with Crippen molar-refractivity contribution in [3.05, 3.63) is 48.2 Å². The molecule has 0 radical (unpaired) electrons. The van der Waals surface area contributed by atoms with Gasteiger partial charge in [-0.15, -0.1) is 0 Å². The monoisotopic (exact) mass is 542 g/mol. The van der Waals surface area contributed by atoms with Gasteiger partial charge in [-0.3, -0.25) is 9.88 Å². The van der Waals surface area contributed by atoms with E-state index in [0.717, 1.165) is 73.7 Å². The van der Waals surface area contributed by atoms with Gasteiger partial charge < -0.3 is 25.2 Å². The minimum atomic E-state index is -0.887. The number of nitriles is 1. The maximum Gasteiger partial charge on any atom is 0.163 e. The zero-order valence-corrected chi connectivity index (χ0v) is 23.2. The molecule has 6 rings (SSSR count). The molecule has 40 heavy (non-hydrogen) atoms. The molecule has 4 atom stereocenters. The molecule has 3 aliphatic rings. The van der Waals surface area contributed by atoms with E-state index >= 15 is 0 Å². The van der Waals surface area contributed by atoms with Crippen LogP contribution >= 0.6 is 0 Å². The topological polar surface area (TPSA) is 92.6 Å². The van der Waals surface area contributed by atoms with Crippen LogP contribution in [0.1, 0.15) is 12.5 Å². The highest BCUT2D eigenvalue weighted by atomic mass is 19.1. The Hall–Kier alpha value is -3.46. The van der Waals surface area contributed by atoms with E-state index in [2.05, 4.69) is 66.5 Å². The lowest BCUT2D eigenvalue weighted by Gasteiger charge is -2.42. The van der Waals surface area contributed by atoms with E-state index in [1.807, 2.05) is 32.2 Å². The van der Waals surface area contributed by atoms with Crippen molar-refractivity contribution in [3.8, 4) is 6.07 Å². The molecule has 2 aromatic heterocycles. The van der Waals surface area contributed by atoms with Crippen molar-refractivity contribution in [1.29, 1.82) is 5.26 Å². The summed E-state index contributed by atoms with van der Waals surface area (Å²) in [4.78, 5) is 16.4. The van der Waals surface area contributed by atoms with Gasteiger partial charge in [0.1, 0.15) is 18.1 Å². The minimum Gasteiger partial charge on any atom is -0.370 e. The Morgan fingerprint density at radius 2 is 1.95 bits per heavy atom. The van der Waals surface area contributed by atoms with Gasteiger partial charge in [0.15, 0.2) is 7.85 Å². The van der Waals surface area contributed by atoms with Crippen molar-refractivity contribution in [2.24, 2.45) is 0 Å². The highest BCUT2D eigenvalue weighted by molar-refractivity contribution is 6.31. The number of pyridine rings is 2. The second-order valence-electron chi connectivity index (χ2n) is 11.2. The quantitative estimate of drug-likeness (QED) is 0.441. The molecule has 0 unspecified atom stereocenters. The minimum absolute atomic E-state index is 0.0934. The average Bonchev–Trinajstić information content (AvgIpc) is 3.36. The smallest absolute Gasteiger partial charge is 0.163 e. The van der Waals surface area contributed by atoms with E-state index in [0.29, 0.717) is 24.5 Å². The van der Waals surface area contributed by atoms with Crippen LogP contribution < -0.4 is 26.0 Å². The first-order chi connectivity index (χ1) is 19.5. The first kappa shape index (κ1) is 26.8. The summed E-state index contributed by atoms with van der Waals surface area (Å²) < 4.78 is 20.3. The number of rotatable bonds is 6. The lowest BCUT2D eigenvalue weighted by molar-refractivity contribution is -0.0327. The van der Waals surface area contributed by atoms with Gasteiger partial charge >= 0.3 is 0 Å². The first-order valence-corrected chi connectivity index (χ1v) is 14.2. The van der Waals surface area contributed by atoms with Crippen molar-refractivity contribution >= 4 is 41.5 Å². The number of nitrogens with one attached hydrogen (secondary N) is 2. The number of ether oxygens (including phenoxy) is 1. The maximum absolute atomic E-state index is 13.9. The summed E-state index contributed by atoms with van der Waals surface area (Å²) >= 11 is 0. The van der Waals surface area contributed by atoms with Crippen LogP contribution in [0.5, 0.6) is 0 Å². The molecule has 9 nitrogen and oxygen atoms in total. The van der Waals surface area contributed by atoms with Crippen LogP contribution in [0.4, 0.5) is 21.6 Å². The maximum atomic E-state index is 13.9. The van der Waals surface area contributed by atoms with E-state index in [1.165, 1.54) is 0 Å². The van der Waals surface area contributed by atoms with Crippen molar-refractivity contribution in [2.45, 2.75) is 31.3 Å². The predicted octanol–water partition coefficient (Wildman–Crippen LogP) is 0.898. The fourth-order valence-electron chi connectivity index (χ4n) is 6.12. The SMILES string of the molecule is Bc1ccc2c(N3C[C@H](CN4CCN(c5ccc(N[C@H]6CNC[C@H]6F)nc5)CC4)O[C@H](C)C3)ccc(C#N)c2n1.